The molecule has 0 aliphatic heterocycles. The van der Waals surface area contributed by atoms with Crippen LogP contribution in [0.25, 0.3) is 0 Å². The normalized spacial score (nSPS) is 11.6. The lowest BCUT2D eigenvalue weighted by Gasteiger charge is -2.19. The number of amides is 2. The lowest BCUT2D eigenvalue weighted by atomic mass is 10.1. The molecule has 0 rings (SSSR count). The molecule has 0 spiro atoms. The van der Waals surface area contributed by atoms with Crippen LogP contribution in [0.4, 0.5) is 4.79 Å². The fourth-order valence-corrected chi connectivity index (χ4v) is 1.12. The van der Waals surface area contributed by atoms with Crippen molar-refractivity contribution in [2.24, 2.45) is 0 Å². The molecular formula is C10H18N2O5. The van der Waals surface area contributed by atoms with Crippen molar-refractivity contribution in [3.05, 3.63) is 0 Å². The molecule has 0 aromatic heterocycles. The smallest absolute Gasteiger partial charge is 0.326 e. The van der Waals surface area contributed by atoms with E-state index in [0.29, 0.717) is 6.54 Å². The number of carboxylic acid groups (broad SMARTS) is 2. The van der Waals surface area contributed by atoms with Gasteiger partial charge in [0.15, 0.2) is 0 Å². The zero-order chi connectivity index (χ0) is 13.4. The van der Waals surface area contributed by atoms with Gasteiger partial charge in [0, 0.05) is 20.0 Å². The van der Waals surface area contributed by atoms with E-state index in [2.05, 4.69) is 5.32 Å². The summed E-state index contributed by atoms with van der Waals surface area (Å²) in [6.45, 7) is 2.23. The lowest BCUT2D eigenvalue weighted by molar-refractivity contribution is -0.140. The Kier molecular flexibility index (Phi) is 6.69. The van der Waals surface area contributed by atoms with Crippen LogP contribution in [-0.4, -0.2) is 52.7 Å². The van der Waals surface area contributed by atoms with Crippen molar-refractivity contribution in [1.82, 2.24) is 10.2 Å². The van der Waals surface area contributed by atoms with Crippen molar-refractivity contribution in [3.63, 3.8) is 0 Å². The van der Waals surface area contributed by atoms with Crippen LogP contribution in [0, 0.1) is 0 Å². The zero-order valence-electron chi connectivity index (χ0n) is 9.97. The molecular weight excluding hydrogens is 228 g/mol. The van der Waals surface area contributed by atoms with Crippen molar-refractivity contribution in [1.29, 1.82) is 0 Å². The monoisotopic (exact) mass is 246 g/mol. The SMILES string of the molecule is CCN(C)C(=O)N[C@H](CCCC(=O)O)C(=O)O. The zero-order valence-corrected chi connectivity index (χ0v) is 9.97. The number of carbonyl (C=O) groups excluding carboxylic acids is 1. The van der Waals surface area contributed by atoms with Crippen LogP contribution >= 0.6 is 0 Å². The van der Waals surface area contributed by atoms with Gasteiger partial charge in [0.1, 0.15) is 6.04 Å². The summed E-state index contributed by atoms with van der Waals surface area (Å²) in [5.74, 6) is -2.14. The summed E-state index contributed by atoms with van der Waals surface area (Å²) in [5, 5.41) is 19.6. The van der Waals surface area contributed by atoms with Crippen LogP contribution in [0.15, 0.2) is 0 Å². The van der Waals surface area contributed by atoms with E-state index in [1.54, 1.807) is 14.0 Å². The van der Waals surface area contributed by atoms with E-state index in [1.165, 1.54) is 4.90 Å². The minimum Gasteiger partial charge on any atom is -0.481 e. The summed E-state index contributed by atoms with van der Waals surface area (Å²) in [6, 6.07) is -1.52. The van der Waals surface area contributed by atoms with E-state index in [9.17, 15) is 14.4 Å². The number of hydrogen-bond acceptors (Lipinski definition) is 3. The molecule has 1 atom stereocenters. The number of hydrogen-bond donors (Lipinski definition) is 3. The second-order valence-electron chi connectivity index (χ2n) is 3.64. The van der Waals surface area contributed by atoms with Gasteiger partial charge < -0.3 is 20.4 Å². The first-order valence-electron chi connectivity index (χ1n) is 5.34. The fourth-order valence-electron chi connectivity index (χ4n) is 1.12. The number of urea groups is 1. The van der Waals surface area contributed by atoms with Crippen LogP contribution < -0.4 is 5.32 Å². The third-order valence-corrected chi connectivity index (χ3v) is 2.30. The standard InChI is InChI=1S/C10H18N2O5/c1-3-12(2)10(17)11-7(9(15)16)5-4-6-8(13)14/h7H,3-6H2,1-2H3,(H,11,17)(H,13,14)(H,15,16)/t7-/m1/s1. The molecule has 0 aromatic carbocycles. The van der Waals surface area contributed by atoms with Crippen molar-refractivity contribution in [2.75, 3.05) is 13.6 Å². The van der Waals surface area contributed by atoms with Crippen molar-refractivity contribution in [3.8, 4) is 0 Å². The molecule has 0 radical (unpaired) electrons. The first-order chi connectivity index (χ1) is 7.88. The maximum absolute atomic E-state index is 11.4. The van der Waals surface area contributed by atoms with Gasteiger partial charge in [0.05, 0.1) is 0 Å². The van der Waals surface area contributed by atoms with Gasteiger partial charge >= 0.3 is 18.0 Å². The van der Waals surface area contributed by atoms with E-state index in [1.807, 2.05) is 0 Å². The quantitative estimate of drug-likeness (QED) is 0.601. The summed E-state index contributed by atoms with van der Waals surface area (Å²) >= 11 is 0. The summed E-state index contributed by atoms with van der Waals surface area (Å²) < 4.78 is 0. The Morgan fingerprint density at radius 2 is 1.88 bits per heavy atom. The molecule has 0 saturated carbocycles. The highest BCUT2D eigenvalue weighted by Gasteiger charge is 2.21. The minimum atomic E-state index is -1.16. The summed E-state index contributed by atoms with van der Waals surface area (Å²) in [5.41, 5.74) is 0. The molecule has 0 aliphatic rings. The first-order valence-corrected chi connectivity index (χ1v) is 5.34. The molecule has 2 amide bonds. The summed E-state index contributed by atoms with van der Waals surface area (Å²) in [4.78, 5) is 33.9. The Bertz CT molecular complexity index is 292. The number of carboxylic acids is 2. The van der Waals surface area contributed by atoms with Gasteiger partial charge in [-0.2, -0.15) is 0 Å². The van der Waals surface area contributed by atoms with E-state index in [-0.39, 0.29) is 19.3 Å². The van der Waals surface area contributed by atoms with Crippen molar-refractivity contribution < 1.29 is 24.6 Å². The molecule has 0 heterocycles. The molecule has 0 unspecified atom stereocenters. The van der Waals surface area contributed by atoms with Crippen LogP contribution in [0.2, 0.25) is 0 Å². The topological polar surface area (TPSA) is 107 Å². The highest BCUT2D eigenvalue weighted by atomic mass is 16.4. The molecule has 0 fully saturated rings. The molecule has 3 N–H and O–H groups in total. The van der Waals surface area contributed by atoms with Crippen LogP contribution in [0.5, 0.6) is 0 Å². The maximum Gasteiger partial charge on any atom is 0.326 e. The molecule has 0 bridgehead atoms. The van der Waals surface area contributed by atoms with Crippen molar-refractivity contribution >= 4 is 18.0 Å². The molecule has 17 heavy (non-hydrogen) atoms. The Balaban J connectivity index is 4.20. The lowest BCUT2D eigenvalue weighted by Crippen LogP contribution is -2.46. The van der Waals surface area contributed by atoms with E-state index in [4.69, 9.17) is 10.2 Å². The van der Waals surface area contributed by atoms with Gasteiger partial charge in [-0.3, -0.25) is 4.79 Å². The van der Waals surface area contributed by atoms with Crippen molar-refractivity contribution in [2.45, 2.75) is 32.2 Å². The van der Waals surface area contributed by atoms with Gasteiger partial charge in [-0.05, 0) is 19.8 Å². The summed E-state index contributed by atoms with van der Waals surface area (Å²) in [6.07, 6.45) is 0.205. The predicted molar refractivity (Wildman–Crippen MR) is 59.7 cm³/mol. The number of rotatable bonds is 7. The molecule has 0 aliphatic carbocycles. The first kappa shape index (κ1) is 15.2. The van der Waals surface area contributed by atoms with Gasteiger partial charge in [-0.15, -0.1) is 0 Å². The maximum atomic E-state index is 11.4. The third-order valence-electron chi connectivity index (χ3n) is 2.30. The Labute approximate surface area is 99.4 Å². The predicted octanol–water partition coefficient (Wildman–Crippen LogP) is 0.356. The average molecular weight is 246 g/mol. The molecule has 0 saturated heterocycles. The largest absolute Gasteiger partial charge is 0.481 e. The van der Waals surface area contributed by atoms with Gasteiger partial charge in [0.25, 0.3) is 0 Å². The van der Waals surface area contributed by atoms with E-state index < -0.39 is 24.0 Å². The average Bonchev–Trinajstić information content (AvgIpc) is 2.25. The number of nitrogens with zero attached hydrogens (tertiary/aromatic N) is 1. The highest BCUT2D eigenvalue weighted by Crippen LogP contribution is 2.02. The minimum absolute atomic E-state index is 0.102. The number of carbonyl (C=O) groups is 3. The summed E-state index contributed by atoms with van der Waals surface area (Å²) in [7, 11) is 1.55. The Morgan fingerprint density at radius 1 is 1.29 bits per heavy atom. The molecule has 98 valence electrons. The Hall–Kier alpha value is -1.79. The molecule has 0 aromatic rings. The molecule has 7 heteroatoms. The third kappa shape index (κ3) is 6.39. The van der Waals surface area contributed by atoms with E-state index >= 15 is 0 Å². The highest BCUT2D eigenvalue weighted by molar-refractivity contribution is 5.82. The van der Waals surface area contributed by atoms with Gasteiger partial charge in [-0.25, -0.2) is 9.59 Å². The van der Waals surface area contributed by atoms with Gasteiger partial charge in [-0.1, -0.05) is 0 Å². The van der Waals surface area contributed by atoms with Crippen LogP contribution in [0.1, 0.15) is 26.2 Å². The van der Waals surface area contributed by atoms with Crippen LogP contribution in [0.3, 0.4) is 0 Å². The van der Waals surface area contributed by atoms with Crippen LogP contribution in [-0.2, 0) is 9.59 Å². The number of nitrogens with one attached hydrogen (secondary N) is 1. The Morgan fingerprint density at radius 3 is 2.29 bits per heavy atom. The molecule has 7 nitrogen and oxygen atoms in total. The second kappa shape index (κ2) is 7.48. The number of aliphatic carboxylic acids is 2. The second-order valence-corrected chi connectivity index (χ2v) is 3.64. The van der Waals surface area contributed by atoms with E-state index in [0.717, 1.165) is 0 Å². The van der Waals surface area contributed by atoms with Gasteiger partial charge in [0.2, 0.25) is 0 Å². The fraction of sp³-hybridized carbons (Fsp3) is 0.700.